The fourth-order valence-electron chi connectivity index (χ4n) is 3.71. The number of benzene rings is 2. The molecule has 0 aliphatic carbocycles. The number of hydrogen-bond acceptors (Lipinski definition) is 4. The molecular weight excluding hydrogens is 469 g/mol. The van der Waals surface area contributed by atoms with Crippen LogP contribution in [0.15, 0.2) is 54.6 Å². The number of rotatable bonds is 8. The van der Waals surface area contributed by atoms with Gasteiger partial charge in [-0.15, -0.1) is 0 Å². The summed E-state index contributed by atoms with van der Waals surface area (Å²) < 4.78 is 38.1. The molecule has 1 atom stereocenters. The summed E-state index contributed by atoms with van der Waals surface area (Å²) in [7, 11) is 4.20. The van der Waals surface area contributed by atoms with Gasteiger partial charge >= 0.3 is 12.1 Å². The van der Waals surface area contributed by atoms with Crippen molar-refractivity contribution in [3.63, 3.8) is 0 Å². The van der Waals surface area contributed by atoms with Crippen LogP contribution in [0.4, 0.5) is 13.2 Å². The fraction of sp³-hybridized carbons (Fsp3) is 0.464. The Balaban J connectivity index is 0.000000572. The van der Waals surface area contributed by atoms with Crippen molar-refractivity contribution in [2.75, 3.05) is 40.3 Å². The van der Waals surface area contributed by atoms with Crippen LogP contribution in [0.1, 0.15) is 49.3 Å². The highest BCUT2D eigenvalue weighted by Crippen LogP contribution is 2.25. The van der Waals surface area contributed by atoms with Gasteiger partial charge in [-0.3, -0.25) is 0 Å². The monoisotopic (exact) mass is 504 g/mol. The number of ether oxygens (including phenoxy) is 1. The summed E-state index contributed by atoms with van der Waals surface area (Å²) in [5.41, 5.74) is 2.27. The zero-order valence-electron chi connectivity index (χ0n) is 20.9. The lowest BCUT2D eigenvalue weighted by atomic mass is 10.0. The third-order valence-corrected chi connectivity index (χ3v) is 5.60. The van der Waals surface area contributed by atoms with Crippen molar-refractivity contribution in [3.05, 3.63) is 65.7 Å². The average Bonchev–Trinajstić information content (AvgIpc) is 2.85. The van der Waals surface area contributed by atoms with Gasteiger partial charge in [0.2, 0.25) is 0 Å². The SMILES string of the molecule is CN(C)CCC(Oc1ccccc1)c1cccc(C#CCCN2CCCCC2)c1.O=C(O)C(F)(F)F. The molecule has 0 radical (unpaired) electrons. The van der Waals surface area contributed by atoms with Crippen LogP contribution < -0.4 is 4.74 Å². The van der Waals surface area contributed by atoms with E-state index in [4.69, 9.17) is 14.6 Å². The predicted octanol–water partition coefficient (Wildman–Crippen LogP) is 5.62. The topological polar surface area (TPSA) is 53.0 Å². The van der Waals surface area contributed by atoms with Crippen molar-refractivity contribution in [2.24, 2.45) is 0 Å². The number of para-hydroxylation sites is 1. The molecule has 0 saturated carbocycles. The van der Waals surface area contributed by atoms with E-state index in [1.807, 2.05) is 30.3 Å². The number of nitrogens with zero attached hydrogens (tertiary/aromatic N) is 2. The largest absolute Gasteiger partial charge is 0.490 e. The van der Waals surface area contributed by atoms with E-state index in [-0.39, 0.29) is 6.10 Å². The van der Waals surface area contributed by atoms with Gasteiger partial charge in [0, 0.05) is 31.5 Å². The molecule has 1 unspecified atom stereocenters. The lowest BCUT2D eigenvalue weighted by Gasteiger charge is -2.25. The van der Waals surface area contributed by atoms with Gasteiger partial charge in [-0.05, 0) is 69.9 Å². The predicted molar refractivity (Wildman–Crippen MR) is 135 cm³/mol. The minimum atomic E-state index is -5.08. The van der Waals surface area contributed by atoms with Gasteiger partial charge in [0.25, 0.3) is 0 Å². The Morgan fingerprint density at radius 1 is 1.08 bits per heavy atom. The van der Waals surface area contributed by atoms with Crippen LogP contribution in [0.2, 0.25) is 0 Å². The summed E-state index contributed by atoms with van der Waals surface area (Å²) >= 11 is 0. The minimum absolute atomic E-state index is 0.0231. The quantitative estimate of drug-likeness (QED) is 0.473. The number of piperidine rings is 1. The van der Waals surface area contributed by atoms with Crippen LogP contribution >= 0.6 is 0 Å². The maximum atomic E-state index is 10.6. The smallest absolute Gasteiger partial charge is 0.486 e. The maximum Gasteiger partial charge on any atom is 0.490 e. The van der Waals surface area contributed by atoms with Crippen LogP contribution in [-0.2, 0) is 4.79 Å². The molecular formula is C28H35F3N2O3. The van der Waals surface area contributed by atoms with Crippen LogP contribution in [0, 0.1) is 11.8 Å². The normalized spacial score (nSPS) is 14.7. The zero-order valence-corrected chi connectivity index (χ0v) is 20.9. The molecule has 1 saturated heterocycles. The molecule has 2 aromatic rings. The van der Waals surface area contributed by atoms with Crippen LogP contribution in [0.25, 0.3) is 0 Å². The summed E-state index contributed by atoms with van der Waals surface area (Å²) in [6.07, 6.45) is 0.878. The summed E-state index contributed by atoms with van der Waals surface area (Å²) in [5, 5.41) is 7.12. The van der Waals surface area contributed by atoms with E-state index in [0.29, 0.717) is 0 Å². The number of carboxylic acid groups (broad SMARTS) is 1. The second kappa shape index (κ2) is 15.2. The molecule has 0 aromatic heterocycles. The van der Waals surface area contributed by atoms with E-state index in [0.717, 1.165) is 37.2 Å². The molecule has 1 aliphatic rings. The van der Waals surface area contributed by atoms with Crippen molar-refractivity contribution in [3.8, 4) is 17.6 Å². The Kier molecular flexibility index (Phi) is 12.3. The maximum absolute atomic E-state index is 10.6. The molecule has 0 bridgehead atoms. The van der Waals surface area contributed by atoms with Gasteiger partial charge in [0.05, 0.1) is 0 Å². The molecule has 1 aliphatic heterocycles. The lowest BCUT2D eigenvalue weighted by Crippen LogP contribution is -2.30. The van der Waals surface area contributed by atoms with E-state index in [9.17, 15) is 13.2 Å². The van der Waals surface area contributed by atoms with Gasteiger partial charge in [-0.1, -0.05) is 48.6 Å². The number of halogens is 3. The van der Waals surface area contributed by atoms with Crippen molar-refractivity contribution in [1.29, 1.82) is 0 Å². The molecule has 1 fully saturated rings. The number of alkyl halides is 3. The Morgan fingerprint density at radius 3 is 2.36 bits per heavy atom. The third kappa shape index (κ3) is 11.6. The first-order valence-electron chi connectivity index (χ1n) is 12.1. The molecule has 3 rings (SSSR count). The van der Waals surface area contributed by atoms with Crippen molar-refractivity contribution in [1.82, 2.24) is 9.80 Å². The first kappa shape index (κ1) is 29.2. The standard InChI is InChI=1S/C26H34N2O.C2HF3O2/c1-27(2)21-17-26(29-25-15-5-3-6-16-25)24-14-11-13-23(22-24)12-7-10-20-28-18-8-4-9-19-28;3-2(4,5)1(6)7/h3,5-6,11,13-16,22,26H,4,8-10,17-21H2,1-2H3;(H,6,7). The Bertz CT molecular complexity index is 979. The number of carbonyl (C=O) groups is 1. The lowest BCUT2D eigenvalue weighted by molar-refractivity contribution is -0.192. The zero-order chi connectivity index (χ0) is 26.4. The summed E-state index contributed by atoms with van der Waals surface area (Å²) in [5.74, 6) is 4.89. The second-order valence-corrected chi connectivity index (χ2v) is 8.89. The number of hydrogen-bond donors (Lipinski definition) is 1. The summed E-state index contributed by atoms with van der Waals surface area (Å²) in [6.45, 7) is 4.54. The molecule has 36 heavy (non-hydrogen) atoms. The fourth-order valence-corrected chi connectivity index (χ4v) is 3.71. The highest BCUT2D eigenvalue weighted by atomic mass is 19.4. The van der Waals surface area contributed by atoms with Gasteiger partial charge in [0.1, 0.15) is 11.9 Å². The number of carboxylic acids is 1. The molecule has 196 valence electrons. The minimum Gasteiger partial charge on any atom is -0.486 e. The van der Waals surface area contributed by atoms with E-state index >= 15 is 0 Å². The van der Waals surface area contributed by atoms with Crippen LogP contribution in [0.3, 0.4) is 0 Å². The second-order valence-electron chi connectivity index (χ2n) is 8.89. The van der Waals surface area contributed by atoms with Gasteiger partial charge in [-0.2, -0.15) is 13.2 Å². The average molecular weight is 505 g/mol. The Labute approximate surface area is 211 Å². The molecule has 1 N–H and O–H groups in total. The highest BCUT2D eigenvalue weighted by molar-refractivity contribution is 5.73. The number of likely N-dealkylation sites (tertiary alicyclic amines) is 1. The van der Waals surface area contributed by atoms with E-state index in [1.165, 1.54) is 37.9 Å². The van der Waals surface area contributed by atoms with Crippen molar-refractivity contribution < 1.29 is 27.8 Å². The molecule has 0 spiro atoms. The first-order valence-corrected chi connectivity index (χ1v) is 12.1. The number of aliphatic carboxylic acids is 1. The van der Waals surface area contributed by atoms with E-state index in [2.05, 4.69) is 60.0 Å². The van der Waals surface area contributed by atoms with Crippen molar-refractivity contribution in [2.45, 2.75) is 44.4 Å². The first-order chi connectivity index (χ1) is 17.1. The third-order valence-electron chi connectivity index (χ3n) is 5.60. The molecule has 1 heterocycles. The Hall–Kier alpha value is -3.02. The van der Waals surface area contributed by atoms with Gasteiger partial charge < -0.3 is 19.6 Å². The summed E-state index contributed by atoms with van der Waals surface area (Å²) in [4.78, 5) is 13.6. The van der Waals surface area contributed by atoms with E-state index < -0.39 is 12.1 Å². The van der Waals surface area contributed by atoms with Gasteiger partial charge in [0.15, 0.2) is 0 Å². The summed E-state index contributed by atoms with van der Waals surface area (Å²) in [6, 6.07) is 18.6. The van der Waals surface area contributed by atoms with E-state index in [1.54, 1.807) is 0 Å². The molecule has 8 heteroatoms. The van der Waals surface area contributed by atoms with Gasteiger partial charge in [-0.25, -0.2) is 4.79 Å². The molecule has 0 amide bonds. The van der Waals surface area contributed by atoms with Crippen LogP contribution in [0.5, 0.6) is 5.75 Å². The van der Waals surface area contributed by atoms with Crippen LogP contribution in [-0.4, -0.2) is 67.3 Å². The van der Waals surface area contributed by atoms with Crippen molar-refractivity contribution >= 4 is 5.97 Å². The molecule has 2 aromatic carbocycles. The Morgan fingerprint density at radius 2 is 1.75 bits per heavy atom. The highest BCUT2D eigenvalue weighted by Gasteiger charge is 2.38. The molecule has 5 nitrogen and oxygen atoms in total.